The van der Waals surface area contributed by atoms with Crippen LogP contribution in [0.15, 0.2) is 18.5 Å². The number of fused-ring (bicyclic) bond motifs is 1. The summed E-state index contributed by atoms with van der Waals surface area (Å²) in [6.45, 7) is 5.45. The molecule has 3 saturated heterocycles. The van der Waals surface area contributed by atoms with Crippen LogP contribution in [0.5, 0.6) is 0 Å². The van der Waals surface area contributed by atoms with Crippen LogP contribution in [-0.4, -0.2) is 102 Å². The second-order valence-corrected chi connectivity index (χ2v) is 11.4. The van der Waals surface area contributed by atoms with Crippen molar-refractivity contribution in [1.82, 2.24) is 24.4 Å². The van der Waals surface area contributed by atoms with Crippen LogP contribution in [0.4, 0.5) is 19.4 Å². The second kappa shape index (κ2) is 9.00. The van der Waals surface area contributed by atoms with Crippen molar-refractivity contribution < 1.29 is 33.3 Å². The highest BCUT2D eigenvalue weighted by molar-refractivity contribution is 5.68. The topological polar surface area (TPSA) is 139 Å². The lowest BCUT2D eigenvalue weighted by Gasteiger charge is -2.45. The van der Waals surface area contributed by atoms with Gasteiger partial charge in [0.2, 0.25) is 0 Å². The number of hydrogen-bond acceptors (Lipinski definition) is 9. The predicted octanol–water partition coefficient (Wildman–Crippen LogP) is 1.58. The number of nitrogens with zero attached hydrogens (tertiary/aromatic N) is 5. The number of halogens is 2. The zero-order chi connectivity index (χ0) is 26.8. The summed E-state index contributed by atoms with van der Waals surface area (Å²) in [7, 11) is 0. The van der Waals surface area contributed by atoms with E-state index in [2.05, 4.69) is 10.1 Å². The molecule has 0 unspecified atom stereocenters. The van der Waals surface area contributed by atoms with E-state index in [1.807, 2.05) is 0 Å². The van der Waals surface area contributed by atoms with Gasteiger partial charge in [0.25, 0.3) is 5.92 Å². The van der Waals surface area contributed by atoms with E-state index < -0.39 is 54.1 Å². The highest BCUT2D eigenvalue weighted by Gasteiger charge is 2.57. The van der Waals surface area contributed by atoms with E-state index in [1.165, 1.54) is 10.8 Å². The maximum absolute atomic E-state index is 14.7. The number of aromatic nitrogens is 3. The Kier molecular flexibility index (Phi) is 6.33. The van der Waals surface area contributed by atoms with E-state index in [1.54, 1.807) is 42.7 Å². The van der Waals surface area contributed by atoms with Gasteiger partial charge < -0.3 is 30.3 Å². The first kappa shape index (κ1) is 26.0. The largest absolute Gasteiger partial charge is 0.444 e. The number of nitrogens with two attached hydrogens (primary N) is 1. The molecule has 3 aliphatic rings. The lowest BCUT2D eigenvalue weighted by molar-refractivity contribution is -0.0423. The monoisotopic (exact) mass is 524 g/mol. The minimum absolute atomic E-state index is 0.0111. The van der Waals surface area contributed by atoms with E-state index in [4.69, 9.17) is 15.2 Å². The highest BCUT2D eigenvalue weighted by atomic mass is 19.3. The van der Waals surface area contributed by atoms with E-state index >= 15 is 0 Å². The van der Waals surface area contributed by atoms with Crippen molar-refractivity contribution >= 4 is 17.4 Å². The molecule has 0 aliphatic carbocycles. The molecule has 4 N–H and O–H groups in total. The SMILES string of the molecule is CC(C)(C)OC(=O)N1CCC2(CC1)CC(F)(F)CN2C[C@H]1O[C@@H](c2ccc3c(N)ncnn23)[C@H](O)[C@@H]1O. The summed E-state index contributed by atoms with van der Waals surface area (Å²) in [5.74, 6) is -2.66. The number of aliphatic hydroxyl groups is 2. The van der Waals surface area contributed by atoms with Gasteiger partial charge in [0.15, 0.2) is 5.82 Å². The number of likely N-dealkylation sites (tertiary alicyclic amines) is 2. The Morgan fingerprint density at radius 1 is 1.24 bits per heavy atom. The summed E-state index contributed by atoms with van der Waals surface area (Å²) in [5.41, 5.74) is 5.41. The quantitative estimate of drug-likeness (QED) is 0.546. The van der Waals surface area contributed by atoms with Gasteiger partial charge in [-0.3, -0.25) is 4.90 Å². The fourth-order valence-corrected chi connectivity index (χ4v) is 5.83. The molecule has 0 radical (unpaired) electrons. The van der Waals surface area contributed by atoms with Crippen LogP contribution in [0.2, 0.25) is 0 Å². The smallest absolute Gasteiger partial charge is 0.410 e. The normalized spacial score (nSPS) is 29.9. The lowest BCUT2D eigenvalue weighted by atomic mass is 9.84. The summed E-state index contributed by atoms with van der Waals surface area (Å²) < 4.78 is 42.5. The van der Waals surface area contributed by atoms with Crippen molar-refractivity contribution in [3.8, 4) is 0 Å². The van der Waals surface area contributed by atoms with Crippen LogP contribution in [-0.2, 0) is 9.47 Å². The third kappa shape index (κ3) is 4.85. The summed E-state index contributed by atoms with van der Waals surface area (Å²) in [6.07, 6.45) is -3.23. The molecule has 5 rings (SSSR count). The Bertz CT molecular complexity index is 1160. The molecule has 5 heterocycles. The molecular formula is C24H34F2N6O5. The summed E-state index contributed by atoms with van der Waals surface area (Å²) in [5, 5.41) is 25.8. The number of nitrogen functional groups attached to an aromatic ring is 1. The second-order valence-electron chi connectivity index (χ2n) is 11.4. The van der Waals surface area contributed by atoms with E-state index in [0.29, 0.717) is 24.1 Å². The van der Waals surface area contributed by atoms with Crippen molar-refractivity contribution in [2.24, 2.45) is 0 Å². The Labute approximate surface area is 213 Å². The molecule has 3 aliphatic heterocycles. The number of ether oxygens (including phenoxy) is 2. The molecule has 0 bridgehead atoms. The number of aliphatic hydroxyl groups excluding tert-OH is 2. The van der Waals surface area contributed by atoms with Crippen LogP contribution < -0.4 is 5.73 Å². The number of anilines is 1. The lowest BCUT2D eigenvalue weighted by Crippen LogP contribution is -2.56. The molecular weight excluding hydrogens is 490 g/mol. The molecule has 37 heavy (non-hydrogen) atoms. The number of carbonyl (C=O) groups is 1. The molecule has 2 aromatic heterocycles. The van der Waals surface area contributed by atoms with Crippen LogP contribution >= 0.6 is 0 Å². The van der Waals surface area contributed by atoms with Crippen LogP contribution in [0, 0.1) is 0 Å². The van der Waals surface area contributed by atoms with Gasteiger partial charge in [-0.25, -0.2) is 23.1 Å². The minimum Gasteiger partial charge on any atom is -0.444 e. The average molecular weight is 525 g/mol. The fraction of sp³-hybridized carbons (Fsp3) is 0.708. The van der Waals surface area contributed by atoms with Gasteiger partial charge in [-0.15, -0.1) is 0 Å². The highest BCUT2D eigenvalue weighted by Crippen LogP contribution is 2.46. The molecule has 1 amide bonds. The summed E-state index contributed by atoms with van der Waals surface area (Å²) in [4.78, 5) is 19.7. The number of rotatable bonds is 3. The number of piperidine rings is 1. The molecule has 0 saturated carbocycles. The van der Waals surface area contributed by atoms with E-state index in [-0.39, 0.29) is 31.9 Å². The van der Waals surface area contributed by atoms with Crippen molar-refractivity contribution in [2.45, 2.75) is 81.5 Å². The molecule has 13 heteroatoms. The van der Waals surface area contributed by atoms with Crippen molar-refractivity contribution in [3.05, 3.63) is 24.2 Å². The maximum atomic E-state index is 14.7. The minimum atomic E-state index is -2.91. The Balaban J connectivity index is 1.31. The van der Waals surface area contributed by atoms with E-state index in [9.17, 15) is 23.8 Å². The Morgan fingerprint density at radius 2 is 1.95 bits per heavy atom. The first-order chi connectivity index (χ1) is 17.3. The van der Waals surface area contributed by atoms with Crippen molar-refractivity contribution in [2.75, 3.05) is 31.9 Å². The predicted molar refractivity (Wildman–Crippen MR) is 128 cm³/mol. The molecule has 0 aromatic carbocycles. The number of alkyl halides is 2. The van der Waals surface area contributed by atoms with Crippen LogP contribution in [0.3, 0.4) is 0 Å². The zero-order valence-corrected chi connectivity index (χ0v) is 21.2. The molecule has 204 valence electrons. The molecule has 1 spiro atoms. The van der Waals surface area contributed by atoms with Gasteiger partial charge in [-0.1, -0.05) is 0 Å². The molecule has 4 atom stereocenters. The first-order valence-corrected chi connectivity index (χ1v) is 12.5. The summed E-state index contributed by atoms with van der Waals surface area (Å²) in [6, 6.07) is 3.37. The number of hydrogen-bond donors (Lipinski definition) is 3. The van der Waals surface area contributed by atoms with Gasteiger partial charge in [0.1, 0.15) is 35.8 Å². The van der Waals surface area contributed by atoms with Crippen LogP contribution in [0.25, 0.3) is 5.52 Å². The Hall–Kier alpha value is -2.61. The third-order valence-corrected chi connectivity index (χ3v) is 7.59. The fourth-order valence-electron chi connectivity index (χ4n) is 5.83. The van der Waals surface area contributed by atoms with Crippen molar-refractivity contribution in [3.63, 3.8) is 0 Å². The average Bonchev–Trinajstić information content (AvgIpc) is 3.42. The molecule has 2 aromatic rings. The maximum Gasteiger partial charge on any atom is 0.410 e. The number of carbonyl (C=O) groups excluding carboxylic acids is 1. The van der Waals surface area contributed by atoms with Gasteiger partial charge in [-0.05, 0) is 45.7 Å². The van der Waals surface area contributed by atoms with Gasteiger partial charge >= 0.3 is 6.09 Å². The third-order valence-electron chi connectivity index (χ3n) is 7.59. The Morgan fingerprint density at radius 3 is 2.62 bits per heavy atom. The van der Waals surface area contributed by atoms with E-state index in [0.717, 1.165) is 0 Å². The number of amides is 1. The van der Waals surface area contributed by atoms with Gasteiger partial charge in [0.05, 0.1) is 18.3 Å². The van der Waals surface area contributed by atoms with Gasteiger partial charge in [0, 0.05) is 31.6 Å². The van der Waals surface area contributed by atoms with Crippen LogP contribution in [0.1, 0.15) is 51.8 Å². The zero-order valence-electron chi connectivity index (χ0n) is 21.2. The van der Waals surface area contributed by atoms with Crippen molar-refractivity contribution in [1.29, 1.82) is 0 Å². The van der Waals surface area contributed by atoms with Gasteiger partial charge in [-0.2, -0.15) is 5.10 Å². The standard InChI is InChI=1S/C24H34F2N6O5/c1-22(2,3)37-21(35)30-8-6-23(7-9-30)11-24(25,26)12-31(23)10-16-17(33)18(34)19(36-16)14-4-5-15-20(27)28-13-29-32(14)15/h4-5,13,16-19,33-34H,6-12H2,1-3H3,(H2,27,28,29)/t16-,17-,18-,19+/m1/s1. The molecule has 11 nitrogen and oxygen atoms in total. The first-order valence-electron chi connectivity index (χ1n) is 12.5. The molecule has 3 fully saturated rings. The summed E-state index contributed by atoms with van der Waals surface area (Å²) >= 11 is 0.